The van der Waals surface area contributed by atoms with Crippen molar-refractivity contribution in [1.29, 1.82) is 0 Å². The van der Waals surface area contributed by atoms with E-state index in [1.54, 1.807) is 13.0 Å². The van der Waals surface area contributed by atoms with Crippen molar-refractivity contribution >= 4 is 17.9 Å². The van der Waals surface area contributed by atoms with Crippen LogP contribution in [0.15, 0.2) is 54.6 Å². The van der Waals surface area contributed by atoms with Gasteiger partial charge in [-0.3, -0.25) is 9.59 Å². The van der Waals surface area contributed by atoms with Crippen molar-refractivity contribution in [3.05, 3.63) is 65.7 Å². The van der Waals surface area contributed by atoms with Crippen molar-refractivity contribution in [2.45, 2.75) is 38.1 Å². The number of hydrogen-bond donors (Lipinski definition) is 0. The maximum Gasteiger partial charge on any atom is 0.214 e. The van der Waals surface area contributed by atoms with E-state index >= 15 is 0 Å². The first-order valence-corrected chi connectivity index (χ1v) is 8.08. The van der Waals surface area contributed by atoms with Crippen molar-refractivity contribution < 1.29 is 9.59 Å². The van der Waals surface area contributed by atoms with Crippen LogP contribution in [0.25, 0.3) is 0 Å². The smallest absolute Gasteiger partial charge is 0.214 e. The first-order chi connectivity index (χ1) is 11.2. The lowest BCUT2D eigenvalue weighted by Crippen LogP contribution is -2.43. The molecule has 0 heterocycles. The summed E-state index contributed by atoms with van der Waals surface area (Å²) >= 11 is 0. The number of amides is 1. The minimum absolute atomic E-state index is 0.0119. The summed E-state index contributed by atoms with van der Waals surface area (Å²) in [5.41, 5.74) is 2.28. The molecule has 0 bridgehead atoms. The number of hydrogen-bond acceptors (Lipinski definition) is 2. The molecule has 0 aliphatic heterocycles. The molecule has 1 fully saturated rings. The average Bonchev–Trinajstić information content (AvgIpc) is 3.07. The molecule has 2 aromatic rings. The summed E-state index contributed by atoms with van der Waals surface area (Å²) in [5, 5.41) is 0. The van der Waals surface area contributed by atoms with Crippen LogP contribution in [-0.4, -0.2) is 12.2 Å². The van der Waals surface area contributed by atoms with E-state index in [4.69, 9.17) is 0 Å². The molecular formula is C20H21NO2. The third kappa shape index (κ3) is 2.79. The Labute approximate surface area is 136 Å². The fourth-order valence-corrected chi connectivity index (χ4v) is 3.66. The Bertz CT molecular complexity index is 703. The van der Waals surface area contributed by atoms with Gasteiger partial charge in [-0.25, -0.2) is 0 Å². The molecule has 118 valence electrons. The minimum Gasteiger partial charge on any atom is -0.305 e. The lowest BCUT2D eigenvalue weighted by Gasteiger charge is -2.39. The van der Waals surface area contributed by atoms with Gasteiger partial charge in [0.1, 0.15) is 0 Å². The topological polar surface area (TPSA) is 37.4 Å². The SMILES string of the molecule is CC(=O)c1cccc(N(C=O)C2(c3ccccc3)CCCC2)c1. The van der Waals surface area contributed by atoms with Crippen molar-refractivity contribution in [3.8, 4) is 0 Å². The minimum atomic E-state index is -0.307. The van der Waals surface area contributed by atoms with Gasteiger partial charge in [-0.1, -0.05) is 55.3 Å². The summed E-state index contributed by atoms with van der Waals surface area (Å²) in [5.74, 6) is 0.0119. The van der Waals surface area contributed by atoms with Crippen LogP contribution >= 0.6 is 0 Å². The lowest BCUT2D eigenvalue weighted by atomic mass is 9.86. The average molecular weight is 307 g/mol. The molecular weight excluding hydrogens is 286 g/mol. The van der Waals surface area contributed by atoms with E-state index in [0.29, 0.717) is 5.56 Å². The van der Waals surface area contributed by atoms with E-state index in [1.807, 2.05) is 41.3 Å². The molecule has 1 aliphatic rings. The molecule has 23 heavy (non-hydrogen) atoms. The van der Waals surface area contributed by atoms with Crippen molar-refractivity contribution in [2.75, 3.05) is 4.90 Å². The second-order valence-electron chi connectivity index (χ2n) is 6.19. The van der Waals surface area contributed by atoms with Gasteiger partial charge in [-0.2, -0.15) is 0 Å². The highest BCUT2D eigenvalue weighted by Crippen LogP contribution is 2.45. The highest BCUT2D eigenvalue weighted by molar-refractivity contribution is 5.95. The van der Waals surface area contributed by atoms with Crippen LogP contribution in [0.3, 0.4) is 0 Å². The van der Waals surface area contributed by atoms with Gasteiger partial charge in [0.25, 0.3) is 0 Å². The Kier molecular flexibility index (Phi) is 4.28. The molecule has 1 aliphatic carbocycles. The molecule has 2 aromatic carbocycles. The van der Waals surface area contributed by atoms with Crippen molar-refractivity contribution in [2.24, 2.45) is 0 Å². The fourth-order valence-electron chi connectivity index (χ4n) is 3.66. The molecule has 0 unspecified atom stereocenters. The van der Waals surface area contributed by atoms with Crippen LogP contribution in [0.2, 0.25) is 0 Å². The number of anilines is 1. The Hall–Kier alpha value is -2.42. The number of nitrogens with zero attached hydrogens (tertiary/aromatic N) is 1. The van der Waals surface area contributed by atoms with Gasteiger partial charge in [0.2, 0.25) is 6.41 Å². The van der Waals surface area contributed by atoms with Crippen LogP contribution in [-0.2, 0) is 10.3 Å². The van der Waals surface area contributed by atoms with Gasteiger partial charge in [-0.05, 0) is 37.5 Å². The molecule has 0 radical (unpaired) electrons. The molecule has 3 nitrogen and oxygen atoms in total. The van der Waals surface area contributed by atoms with Gasteiger partial charge >= 0.3 is 0 Å². The zero-order chi connectivity index (χ0) is 16.3. The van der Waals surface area contributed by atoms with E-state index in [0.717, 1.165) is 43.3 Å². The maximum absolute atomic E-state index is 12.0. The van der Waals surface area contributed by atoms with Crippen molar-refractivity contribution in [3.63, 3.8) is 0 Å². The van der Waals surface area contributed by atoms with Gasteiger partial charge in [-0.15, -0.1) is 0 Å². The largest absolute Gasteiger partial charge is 0.305 e. The normalized spacial score (nSPS) is 16.0. The predicted molar refractivity (Wildman–Crippen MR) is 91.6 cm³/mol. The zero-order valence-corrected chi connectivity index (χ0v) is 13.4. The van der Waals surface area contributed by atoms with E-state index in [-0.39, 0.29) is 11.3 Å². The third-order valence-corrected chi connectivity index (χ3v) is 4.84. The lowest BCUT2D eigenvalue weighted by molar-refractivity contribution is -0.108. The summed E-state index contributed by atoms with van der Waals surface area (Å²) in [6, 6.07) is 17.6. The van der Waals surface area contributed by atoms with Crippen LogP contribution in [0.4, 0.5) is 5.69 Å². The number of carbonyl (C=O) groups is 2. The van der Waals surface area contributed by atoms with E-state index in [2.05, 4.69) is 12.1 Å². The Balaban J connectivity index is 2.09. The third-order valence-electron chi connectivity index (χ3n) is 4.84. The first kappa shape index (κ1) is 15.5. The number of carbonyl (C=O) groups excluding carboxylic acids is 2. The second-order valence-corrected chi connectivity index (χ2v) is 6.19. The quantitative estimate of drug-likeness (QED) is 0.609. The van der Waals surface area contributed by atoms with E-state index in [9.17, 15) is 9.59 Å². The summed E-state index contributed by atoms with van der Waals surface area (Å²) in [6.07, 6.45) is 5.01. The molecule has 3 heteroatoms. The molecule has 0 saturated heterocycles. The molecule has 0 spiro atoms. The number of rotatable bonds is 5. The molecule has 0 aromatic heterocycles. The summed E-state index contributed by atoms with van der Waals surface area (Å²) in [6.45, 7) is 1.55. The van der Waals surface area contributed by atoms with Crippen LogP contribution in [0.5, 0.6) is 0 Å². The zero-order valence-electron chi connectivity index (χ0n) is 13.4. The van der Waals surface area contributed by atoms with Crippen LogP contribution < -0.4 is 4.90 Å². The Morgan fingerprint density at radius 1 is 1.04 bits per heavy atom. The Morgan fingerprint density at radius 3 is 2.35 bits per heavy atom. The Morgan fingerprint density at radius 2 is 1.74 bits per heavy atom. The van der Waals surface area contributed by atoms with Gasteiger partial charge in [0.15, 0.2) is 5.78 Å². The van der Waals surface area contributed by atoms with E-state index in [1.165, 1.54) is 0 Å². The van der Waals surface area contributed by atoms with Crippen LogP contribution in [0, 0.1) is 0 Å². The van der Waals surface area contributed by atoms with E-state index < -0.39 is 0 Å². The van der Waals surface area contributed by atoms with Crippen LogP contribution in [0.1, 0.15) is 48.5 Å². The van der Waals surface area contributed by atoms with Gasteiger partial charge in [0, 0.05) is 11.3 Å². The maximum atomic E-state index is 12.0. The predicted octanol–water partition coefficient (Wildman–Crippen LogP) is 4.32. The molecule has 1 saturated carbocycles. The molecule has 3 rings (SSSR count). The summed E-state index contributed by atoms with van der Waals surface area (Å²) in [4.78, 5) is 25.5. The molecule has 0 N–H and O–H groups in total. The second kappa shape index (κ2) is 6.37. The monoisotopic (exact) mass is 307 g/mol. The first-order valence-electron chi connectivity index (χ1n) is 8.08. The molecule has 1 amide bonds. The number of ketones is 1. The fraction of sp³-hybridized carbons (Fsp3) is 0.300. The highest BCUT2D eigenvalue weighted by atomic mass is 16.1. The highest BCUT2D eigenvalue weighted by Gasteiger charge is 2.41. The summed E-state index contributed by atoms with van der Waals surface area (Å²) < 4.78 is 0. The number of Topliss-reactive ketones (excluding diaryl/α,β-unsaturated/α-hetero) is 1. The van der Waals surface area contributed by atoms with Gasteiger partial charge < -0.3 is 4.90 Å². The standard InChI is InChI=1S/C20H21NO2/c1-16(23)17-8-7-11-19(14-17)21(15-22)20(12-5-6-13-20)18-9-3-2-4-10-18/h2-4,7-11,14-15H,5-6,12-13H2,1H3. The van der Waals surface area contributed by atoms with Crippen molar-refractivity contribution in [1.82, 2.24) is 0 Å². The number of benzene rings is 2. The molecule has 0 atom stereocenters. The van der Waals surface area contributed by atoms with Gasteiger partial charge in [0.05, 0.1) is 5.54 Å². The summed E-state index contributed by atoms with van der Waals surface area (Å²) in [7, 11) is 0.